The predicted molar refractivity (Wildman–Crippen MR) is 198 cm³/mol. The fraction of sp³-hybridized carbons (Fsp3) is 0.500. The van der Waals surface area contributed by atoms with Gasteiger partial charge in [-0.1, -0.05) is 51.5 Å². The summed E-state index contributed by atoms with van der Waals surface area (Å²) in [6.45, 7) is 13.1. The predicted octanol–water partition coefficient (Wildman–Crippen LogP) is 8.13. The Balaban J connectivity index is 1.37. The molecule has 0 aliphatic carbocycles. The van der Waals surface area contributed by atoms with E-state index in [1.165, 1.54) is 6.07 Å². The molecule has 9 heteroatoms. The summed E-state index contributed by atoms with van der Waals surface area (Å²) in [6.07, 6.45) is 9.52. The second-order valence-corrected chi connectivity index (χ2v) is 14.7. The van der Waals surface area contributed by atoms with Gasteiger partial charge in [0.1, 0.15) is 16.8 Å². The molecule has 0 spiro atoms. The van der Waals surface area contributed by atoms with Gasteiger partial charge < -0.3 is 30.2 Å². The quantitative estimate of drug-likeness (QED) is 0.111. The van der Waals surface area contributed by atoms with E-state index in [9.17, 15) is 9.59 Å². The van der Waals surface area contributed by atoms with Crippen LogP contribution in [0.5, 0.6) is 11.5 Å². The lowest BCUT2D eigenvalue weighted by molar-refractivity contribution is 0.0949. The summed E-state index contributed by atoms with van der Waals surface area (Å²) in [5.41, 5.74) is 0.659. The van der Waals surface area contributed by atoms with Gasteiger partial charge in [-0.3, -0.25) is 9.59 Å². The van der Waals surface area contributed by atoms with Crippen LogP contribution in [0.4, 0.5) is 10.1 Å². The summed E-state index contributed by atoms with van der Waals surface area (Å²) in [7, 11) is 2.10. The Kier molecular flexibility index (Phi) is 10.1. The van der Waals surface area contributed by atoms with Crippen molar-refractivity contribution >= 4 is 33.3 Å². The maximum absolute atomic E-state index is 16.2. The molecule has 0 saturated carbocycles. The zero-order valence-electron chi connectivity index (χ0n) is 30.0. The molecule has 3 heterocycles. The number of fused-ring (bicyclic) bond motifs is 3. The highest BCUT2D eigenvalue weighted by molar-refractivity contribution is 6.02. The molecule has 8 nitrogen and oxygen atoms in total. The van der Waals surface area contributed by atoms with Crippen molar-refractivity contribution in [1.29, 1.82) is 0 Å². The zero-order chi connectivity index (χ0) is 34.9. The summed E-state index contributed by atoms with van der Waals surface area (Å²) >= 11 is 0. The van der Waals surface area contributed by atoms with Crippen molar-refractivity contribution in [3.63, 3.8) is 0 Å². The van der Waals surface area contributed by atoms with Gasteiger partial charge in [-0.25, -0.2) is 4.39 Å². The summed E-state index contributed by atoms with van der Waals surface area (Å²) in [5.74, 6) is -0.268. The number of hydrogen-bond acceptors (Lipinski definition) is 6. The Bertz CT molecular complexity index is 1920. The Morgan fingerprint density at radius 2 is 1.73 bits per heavy atom. The standard InChI is InChI=1S/C40H52FN5O3/c1-7-17-39(4,8-2)44-40(5,9-3)18-20-42-34-31(41)24-29-35-37(34)49-33-23-27-14-11-10-13-26(27)22-32(33)46(35)25-30(36(29)47)38(48)43-19-16-28-15-12-21-45(28)6/h10-11,13-14,22-25,28,42,44H,7-9,12,15-21H2,1-6H3,(H,43,48). The van der Waals surface area contributed by atoms with Crippen LogP contribution in [-0.4, -0.2) is 59.2 Å². The summed E-state index contributed by atoms with van der Waals surface area (Å²) in [6, 6.07) is 13.5. The number of ether oxygens (including phenoxy) is 1. The van der Waals surface area contributed by atoms with E-state index in [0.29, 0.717) is 36.1 Å². The van der Waals surface area contributed by atoms with E-state index in [1.807, 2.05) is 41.0 Å². The van der Waals surface area contributed by atoms with Crippen molar-refractivity contribution in [2.24, 2.45) is 0 Å². The average Bonchev–Trinajstić information content (AvgIpc) is 3.50. The molecular formula is C40H52FN5O3. The van der Waals surface area contributed by atoms with E-state index in [2.05, 4.69) is 62.5 Å². The normalized spacial score (nSPS) is 18.1. The van der Waals surface area contributed by atoms with Crippen LogP contribution in [0.1, 0.15) is 96.3 Å². The Labute approximate surface area is 289 Å². The van der Waals surface area contributed by atoms with Crippen LogP contribution in [0.25, 0.3) is 27.4 Å². The fourth-order valence-corrected chi connectivity index (χ4v) is 7.82. The third-order valence-electron chi connectivity index (χ3n) is 11.1. The van der Waals surface area contributed by atoms with Crippen LogP contribution >= 0.6 is 0 Å². The van der Waals surface area contributed by atoms with E-state index >= 15 is 4.39 Å². The van der Waals surface area contributed by atoms with Crippen LogP contribution in [0.15, 0.2) is 53.5 Å². The van der Waals surface area contributed by atoms with Crippen molar-refractivity contribution in [2.45, 2.75) is 103 Å². The van der Waals surface area contributed by atoms with Gasteiger partial charge in [-0.05, 0) is 101 Å². The maximum Gasteiger partial charge on any atom is 0.256 e. The number of carbonyl (C=O) groups is 1. The Morgan fingerprint density at radius 1 is 1.02 bits per heavy atom. The first-order valence-corrected chi connectivity index (χ1v) is 18.1. The number of halogens is 1. The van der Waals surface area contributed by atoms with Crippen LogP contribution in [0.2, 0.25) is 0 Å². The second-order valence-electron chi connectivity index (χ2n) is 14.7. The van der Waals surface area contributed by atoms with Crippen molar-refractivity contribution in [1.82, 2.24) is 20.1 Å². The number of nitrogens with zero attached hydrogens (tertiary/aromatic N) is 2. The molecule has 3 N–H and O–H groups in total. The molecule has 3 aromatic carbocycles. The molecule has 1 saturated heterocycles. The minimum atomic E-state index is -0.590. The van der Waals surface area contributed by atoms with Gasteiger partial charge in [-0.15, -0.1) is 0 Å². The number of hydrogen-bond donors (Lipinski definition) is 3. The summed E-state index contributed by atoms with van der Waals surface area (Å²) in [5, 5.41) is 12.3. The molecular weight excluding hydrogens is 617 g/mol. The third kappa shape index (κ3) is 6.93. The molecule has 2 aliphatic heterocycles. The molecule has 3 unspecified atom stereocenters. The van der Waals surface area contributed by atoms with Gasteiger partial charge in [0.25, 0.3) is 5.91 Å². The zero-order valence-corrected chi connectivity index (χ0v) is 30.0. The van der Waals surface area contributed by atoms with Gasteiger partial charge in [0, 0.05) is 36.4 Å². The Morgan fingerprint density at radius 3 is 2.41 bits per heavy atom. The summed E-state index contributed by atoms with van der Waals surface area (Å²) in [4.78, 5) is 29.8. The molecule has 4 aromatic rings. The van der Waals surface area contributed by atoms with Crippen LogP contribution in [-0.2, 0) is 0 Å². The van der Waals surface area contributed by atoms with Gasteiger partial charge in [-0.2, -0.15) is 0 Å². The molecule has 6 rings (SSSR count). The van der Waals surface area contributed by atoms with E-state index in [1.54, 1.807) is 6.20 Å². The number of likely N-dealkylation sites (tertiary alicyclic amines) is 1. The van der Waals surface area contributed by atoms with Gasteiger partial charge >= 0.3 is 0 Å². The molecule has 1 fully saturated rings. The SMILES string of the molecule is CCCC(C)(CC)NC(C)(CC)CCNc1c(F)cc2c(=O)c(C(=O)NCCC3CCCN3C)cn3c2c1Oc1cc2ccccc2cc1-3. The van der Waals surface area contributed by atoms with Crippen LogP contribution < -0.4 is 26.1 Å². The minimum Gasteiger partial charge on any atom is -0.451 e. The van der Waals surface area contributed by atoms with Gasteiger partial charge in [0.05, 0.1) is 11.1 Å². The smallest absolute Gasteiger partial charge is 0.256 e. The monoisotopic (exact) mass is 669 g/mol. The molecule has 0 bridgehead atoms. The minimum absolute atomic E-state index is 0.0161. The first-order chi connectivity index (χ1) is 23.5. The van der Waals surface area contributed by atoms with Gasteiger partial charge in [0.2, 0.25) is 5.43 Å². The van der Waals surface area contributed by atoms with Crippen molar-refractivity contribution in [2.75, 3.05) is 32.0 Å². The number of carbonyl (C=O) groups excluding carboxylic acids is 1. The van der Waals surface area contributed by atoms with Gasteiger partial charge in [0.15, 0.2) is 17.3 Å². The number of pyridine rings is 1. The third-order valence-corrected chi connectivity index (χ3v) is 11.1. The lowest BCUT2D eigenvalue weighted by Gasteiger charge is -2.41. The van der Waals surface area contributed by atoms with E-state index in [-0.39, 0.29) is 33.5 Å². The van der Waals surface area contributed by atoms with Crippen LogP contribution in [0, 0.1) is 5.82 Å². The number of amides is 1. The van der Waals surface area contributed by atoms with Crippen molar-refractivity contribution in [3.05, 3.63) is 70.3 Å². The molecule has 262 valence electrons. The first-order valence-electron chi connectivity index (χ1n) is 18.1. The number of rotatable bonds is 14. The topological polar surface area (TPSA) is 87.6 Å². The number of nitrogens with one attached hydrogen (secondary N) is 3. The molecule has 0 radical (unpaired) electrons. The Hall–Kier alpha value is -3.95. The second kappa shape index (κ2) is 14.1. The average molecular weight is 670 g/mol. The highest BCUT2D eigenvalue weighted by Crippen LogP contribution is 2.46. The van der Waals surface area contributed by atoms with E-state index in [4.69, 9.17) is 4.74 Å². The molecule has 3 atom stereocenters. The lowest BCUT2D eigenvalue weighted by atomic mass is 9.85. The van der Waals surface area contributed by atoms with E-state index < -0.39 is 17.2 Å². The van der Waals surface area contributed by atoms with Crippen LogP contribution in [0.3, 0.4) is 0 Å². The fourth-order valence-electron chi connectivity index (χ4n) is 7.82. The highest BCUT2D eigenvalue weighted by atomic mass is 19.1. The molecule has 49 heavy (non-hydrogen) atoms. The maximum atomic E-state index is 16.2. The molecule has 1 aromatic heterocycles. The summed E-state index contributed by atoms with van der Waals surface area (Å²) < 4.78 is 24.5. The first kappa shape index (κ1) is 34.9. The largest absolute Gasteiger partial charge is 0.451 e. The molecule has 2 aliphatic rings. The van der Waals surface area contributed by atoms with Crippen molar-refractivity contribution in [3.8, 4) is 17.2 Å². The lowest BCUT2D eigenvalue weighted by Crippen LogP contribution is -2.55. The number of aromatic nitrogens is 1. The number of anilines is 1. The van der Waals surface area contributed by atoms with Crippen molar-refractivity contribution < 1.29 is 13.9 Å². The number of benzene rings is 3. The molecule has 1 amide bonds. The highest BCUT2D eigenvalue weighted by Gasteiger charge is 2.33. The van der Waals surface area contributed by atoms with E-state index in [0.717, 1.165) is 68.7 Å².